The van der Waals surface area contributed by atoms with Crippen molar-refractivity contribution in [2.24, 2.45) is 0 Å². The summed E-state index contributed by atoms with van der Waals surface area (Å²) in [5, 5.41) is 7.29. The molecule has 0 saturated carbocycles. The molecule has 1 saturated heterocycles. The first kappa shape index (κ1) is 14.7. The average molecular weight is 274 g/mol. The van der Waals surface area contributed by atoms with Gasteiger partial charge in [0.05, 0.1) is 6.42 Å². The van der Waals surface area contributed by atoms with Gasteiger partial charge in [0, 0.05) is 25.3 Å². The molecular weight excluding hydrogens is 252 g/mol. The number of carbonyl (C=O) groups is 1. The lowest BCUT2D eigenvalue weighted by atomic mass is 10.1. The van der Waals surface area contributed by atoms with Crippen molar-refractivity contribution in [3.8, 4) is 0 Å². The van der Waals surface area contributed by atoms with Crippen LogP contribution in [-0.4, -0.2) is 35.8 Å². The minimum Gasteiger partial charge on any atom is -0.462 e. The second-order valence-electron chi connectivity index (χ2n) is 5.41. The van der Waals surface area contributed by atoms with E-state index in [1.165, 1.54) is 5.56 Å². The molecule has 0 unspecified atom stereocenters. The number of carbonyl (C=O) groups excluding carboxylic acids is 1. The van der Waals surface area contributed by atoms with Crippen molar-refractivity contribution in [3.63, 3.8) is 0 Å². The van der Waals surface area contributed by atoms with Crippen LogP contribution in [-0.2, 0) is 16.1 Å². The van der Waals surface area contributed by atoms with Gasteiger partial charge in [-0.05, 0) is 25.3 Å². The summed E-state index contributed by atoms with van der Waals surface area (Å²) in [5.41, 5.74) is 1.68. The Hall–Kier alpha value is -1.68. The molecule has 4 heteroatoms. The largest absolute Gasteiger partial charge is 0.462 e. The molecule has 0 bridgehead atoms. The minimum atomic E-state index is -0.265. The number of hydrogen-bond acceptors (Lipinski definition) is 4. The van der Waals surface area contributed by atoms with Crippen LogP contribution in [0.3, 0.4) is 0 Å². The maximum absolute atomic E-state index is 11.5. The number of rotatable bonds is 5. The third kappa shape index (κ3) is 4.78. The average Bonchev–Trinajstić information content (AvgIpc) is 2.41. The fourth-order valence-corrected chi connectivity index (χ4v) is 2.47. The normalized spacial score (nSPS) is 16.9. The van der Waals surface area contributed by atoms with Crippen LogP contribution in [0.1, 0.15) is 31.7 Å². The maximum Gasteiger partial charge on any atom is 0.311 e. The van der Waals surface area contributed by atoms with Gasteiger partial charge in [-0.3, -0.25) is 9.69 Å². The van der Waals surface area contributed by atoms with E-state index in [0.717, 1.165) is 32.5 Å². The number of benzene rings is 1. The maximum atomic E-state index is 11.5. The van der Waals surface area contributed by atoms with Crippen molar-refractivity contribution in [2.45, 2.75) is 38.8 Å². The van der Waals surface area contributed by atoms with Gasteiger partial charge in [0.15, 0.2) is 0 Å². The Labute approximate surface area is 120 Å². The van der Waals surface area contributed by atoms with Gasteiger partial charge in [0.25, 0.3) is 0 Å². The van der Waals surface area contributed by atoms with E-state index in [-0.39, 0.29) is 18.5 Å². The molecule has 0 aromatic heterocycles. The molecule has 4 nitrogen and oxygen atoms in total. The highest BCUT2D eigenvalue weighted by Crippen LogP contribution is 2.16. The fourth-order valence-electron chi connectivity index (χ4n) is 2.47. The molecule has 1 heterocycles. The SMILES string of the molecule is CC(=N)CC(=O)OC1CCN(Cc2ccccc2)CC1. The number of esters is 1. The molecule has 2 rings (SSSR count). The van der Waals surface area contributed by atoms with E-state index in [9.17, 15) is 4.79 Å². The van der Waals surface area contributed by atoms with E-state index in [4.69, 9.17) is 10.1 Å². The van der Waals surface area contributed by atoms with Crippen molar-refractivity contribution in [2.75, 3.05) is 13.1 Å². The minimum absolute atomic E-state index is 0.0221. The van der Waals surface area contributed by atoms with E-state index in [1.54, 1.807) is 6.92 Å². The number of likely N-dealkylation sites (tertiary alicyclic amines) is 1. The van der Waals surface area contributed by atoms with Gasteiger partial charge in [-0.2, -0.15) is 0 Å². The quantitative estimate of drug-likeness (QED) is 0.663. The Morgan fingerprint density at radius 2 is 1.95 bits per heavy atom. The van der Waals surface area contributed by atoms with Gasteiger partial charge in [-0.15, -0.1) is 0 Å². The van der Waals surface area contributed by atoms with Gasteiger partial charge >= 0.3 is 5.97 Å². The van der Waals surface area contributed by atoms with Crippen molar-refractivity contribution in [3.05, 3.63) is 35.9 Å². The first-order valence-corrected chi connectivity index (χ1v) is 7.13. The first-order chi connectivity index (χ1) is 9.63. The lowest BCUT2D eigenvalue weighted by Crippen LogP contribution is -2.37. The summed E-state index contributed by atoms with van der Waals surface area (Å²) in [6, 6.07) is 10.4. The molecule has 0 spiro atoms. The summed E-state index contributed by atoms with van der Waals surface area (Å²) < 4.78 is 5.39. The number of hydrogen-bond donors (Lipinski definition) is 1. The Bertz CT molecular complexity index is 451. The standard InChI is InChI=1S/C16H22N2O2/c1-13(17)11-16(19)20-15-7-9-18(10-8-15)12-14-5-3-2-4-6-14/h2-6,15,17H,7-12H2,1H3. The molecule has 0 amide bonds. The zero-order valence-electron chi connectivity index (χ0n) is 12.0. The van der Waals surface area contributed by atoms with Crippen molar-refractivity contribution >= 4 is 11.7 Å². The van der Waals surface area contributed by atoms with Crippen LogP contribution >= 0.6 is 0 Å². The van der Waals surface area contributed by atoms with Crippen LogP contribution in [0.5, 0.6) is 0 Å². The van der Waals surface area contributed by atoms with Crippen LogP contribution in [0.2, 0.25) is 0 Å². The van der Waals surface area contributed by atoms with Crippen LogP contribution in [0.15, 0.2) is 30.3 Å². The molecule has 20 heavy (non-hydrogen) atoms. The second kappa shape index (κ2) is 7.20. The summed E-state index contributed by atoms with van der Waals surface area (Å²) in [7, 11) is 0. The lowest BCUT2D eigenvalue weighted by molar-refractivity contribution is -0.149. The second-order valence-corrected chi connectivity index (χ2v) is 5.41. The van der Waals surface area contributed by atoms with Crippen molar-refractivity contribution in [1.82, 2.24) is 4.90 Å². The van der Waals surface area contributed by atoms with Gasteiger partial charge in [-0.1, -0.05) is 30.3 Å². The molecule has 1 aliphatic rings. The molecule has 0 aliphatic carbocycles. The molecule has 1 N–H and O–H groups in total. The number of nitrogens with zero attached hydrogens (tertiary/aromatic N) is 1. The van der Waals surface area contributed by atoms with E-state index in [2.05, 4.69) is 29.2 Å². The Balaban J connectivity index is 1.72. The van der Waals surface area contributed by atoms with Crippen LogP contribution < -0.4 is 0 Å². The van der Waals surface area contributed by atoms with Gasteiger partial charge in [0.1, 0.15) is 6.10 Å². The van der Waals surface area contributed by atoms with E-state index in [1.807, 2.05) is 6.07 Å². The predicted octanol–water partition coefficient (Wildman–Crippen LogP) is 2.62. The number of nitrogens with one attached hydrogen (secondary N) is 1. The van der Waals surface area contributed by atoms with Crippen molar-refractivity contribution in [1.29, 1.82) is 5.41 Å². The molecule has 0 radical (unpaired) electrons. The number of piperidine rings is 1. The first-order valence-electron chi connectivity index (χ1n) is 7.13. The smallest absolute Gasteiger partial charge is 0.311 e. The van der Waals surface area contributed by atoms with Gasteiger partial charge in [0.2, 0.25) is 0 Å². The summed E-state index contributed by atoms with van der Waals surface area (Å²) >= 11 is 0. The number of ether oxygens (including phenoxy) is 1. The highest BCUT2D eigenvalue weighted by Gasteiger charge is 2.22. The van der Waals surface area contributed by atoms with E-state index in [0.29, 0.717) is 5.71 Å². The zero-order chi connectivity index (χ0) is 14.4. The molecule has 0 atom stereocenters. The van der Waals surface area contributed by atoms with E-state index < -0.39 is 0 Å². The molecule has 1 aromatic carbocycles. The van der Waals surface area contributed by atoms with Crippen LogP contribution in [0, 0.1) is 5.41 Å². The van der Waals surface area contributed by atoms with Gasteiger partial charge < -0.3 is 10.1 Å². The predicted molar refractivity (Wildman–Crippen MR) is 78.9 cm³/mol. The molecule has 1 fully saturated rings. The summed E-state index contributed by atoms with van der Waals surface area (Å²) in [4.78, 5) is 13.9. The molecular formula is C16H22N2O2. The highest BCUT2D eigenvalue weighted by atomic mass is 16.5. The Kier molecular flexibility index (Phi) is 5.30. The zero-order valence-corrected chi connectivity index (χ0v) is 12.0. The van der Waals surface area contributed by atoms with Crippen molar-refractivity contribution < 1.29 is 9.53 Å². The Morgan fingerprint density at radius 1 is 1.30 bits per heavy atom. The summed E-state index contributed by atoms with van der Waals surface area (Å²) in [5.74, 6) is -0.265. The molecule has 108 valence electrons. The monoisotopic (exact) mass is 274 g/mol. The lowest BCUT2D eigenvalue weighted by Gasteiger charge is -2.31. The Morgan fingerprint density at radius 3 is 2.55 bits per heavy atom. The summed E-state index contributed by atoms with van der Waals surface area (Å²) in [6.07, 6.45) is 1.91. The van der Waals surface area contributed by atoms with Crippen LogP contribution in [0.4, 0.5) is 0 Å². The molecule has 1 aromatic rings. The molecule has 1 aliphatic heterocycles. The third-order valence-corrected chi connectivity index (χ3v) is 3.49. The fraction of sp³-hybridized carbons (Fsp3) is 0.500. The third-order valence-electron chi connectivity index (χ3n) is 3.49. The van der Waals surface area contributed by atoms with E-state index >= 15 is 0 Å². The van der Waals surface area contributed by atoms with Gasteiger partial charge in [-0.25, -0.2) is 0 Å². The topological polar surface area (TPSA) is 53.4 Å². The van der Waals surface area contributed by atoms with Crippen LogP contribution in [0.25, 0.3) is 0 Å². The highest BCUT2D eigenvalue weighted by molar-refractivity contribution is 5.95. The summed E-state index contributed by atoms with van der Waals surface area (Å²) in [6.45, 7) is 4.50.